The van der Waals surface area contributed by atoms with Gasteiger partial charge < -0.3 is 10.2 Å². The Morgan fingerprint density at radius 3 is 2.94 bits per heavy atom. The Morgan fingerprint density at radius 2 is 2.29 bits per heavy atom. The topological polar surface area (TPSA) is 32.3 Å². The fourth-order valence-electron chi connectivity index (χ4n) is 2.22. The SMILES string of the molecule is CC(C)SCC(=O)NCC[C@H]1CCCN(C)C1. The van der Waals surface area contributed by atoms with Crippen LogP contribution in [0.2, 0.25) is 0 Å². The molecule has 0 aliphatic carbocycles. The van der Waals surface area contributed by atoms with Crippen LogP contribution in [0.25, 0.3) is 0 Å². The molecular formula is C13H26N2OS. The Kier molecular flexibility index (Phi) is 6.97. The number of hydrogen-bond donors (Lipinski definition) is 1. The summed E-state index contributed by atoms with van der Waals surface area (Å²) >= 11 is 1.71. The van der Waals surface area contributed by atoms with Crippen LogP contribution in [0.5, 0.6) is 0 Å². The number of hydrogen-bond acceptors (Lipinski definition) is 3. The van der Waals surface area contributed by atoms with Crippen molar-refractivity contribution in [2.24, 2.45) is 5.92 Å². The van der Waals surface area contributed by atoms with Gasteiger partial charge in [0.1, 0.15) is 0 Å². The number of nitrogens with one attached hydrogen (secondary N) is 1. The maximum absolute atomic E-state index is 11.5. The molecule has 1 atom stereocenters. The Balaban J connectivity index is 2.04. The zero-order chi connectivity index (χ0) is 12.7. The number of carbonyl (C=O) groups excluding carboxylic acids is 1. The zero-order valence-electron chi connectivity index (χ0n) is 11.4. The monoisotopic (exact) mass is 258 g/mol. The number of nitrogens with zero attached hydrogens (tertiary/aromatic N) is 1. The minimum Gasteiger partial charge on any atom is -0.355 e. The van der Waals surface area contributed by atoms with Gasteiger partial charge in [0.2, 0.25) is 5.91 Å². The smallest absolute Gasteiger partial charge is 0.230 e. The van der Waals surface area contributed by atoms with E-state index < -0.39 is 0 Å². The average Bonchev–Trinajstić information content (AvgIpc) is 2.26. The molecule has 17 heavy (non-hydrogen) atoms. The molecule has 1 heterocycles. The number of carbonyl (C=O) groups is 1. The van der Waals surface area contributed by atoms with Crippen molar-refractivity contribution in [1.82, 2.24) is 10.2 Å². The first-order valence-corrected chi connectivity index (χ1v) is 7.69. The predicted octanol–water partition coefficient (Wildman–Crippen LogP) is 1.98. The van der Waals surface area contributed by atoms with Crippen molar-refractivity contribution in [3.8, 4) is 0 Å². The van der Waals surface area contributed by atoms with Crippen LogP contribution in [0.3, 0.4) is 0 Å². The average molecular weight is 258 g/mol. The molecule has 1 fully saturated rings. The van der Waals surface area contributed by atoms with Gasteiger partial charge in [0.25, 0.3) is 0 Å². The Labute approximate surface area is 110 Å². The summed E-state index contributed by atoms with van der Waals surface area (Å²) in [7, 11) is 2.18. The van der Waals surface area contributed by atoms with Crippen molar-refractivity contribution in [2.45, 2.75) is 38.4 Å². The van der Waals surface area contributed by atoms with Gasteiger partial charge in [-0.15, -0.1) is 11.8 Å². The normalized spacial score (nSPS) is 21.8. The second kappa shape index (κ2) is 7.98. The van der Waals surface area contributed by atoms with Gasteiger partial charge in [0.15, 0.2) is 0 Å². The van der Waals surface area contributed by atoms with Gasteiger partial charge in [0, 0.05) is 13.1 Å². The predicted molar refractivity (Wildman–Crippen MR) is 75.4 cm³/mol. The van der Waals surface area contributed by atoms with Crippen molar-refractivity contribution in [2.75, 3.05) is 32.4 Å². The summed E-state index contributed by atoms with van der Waals surface area (Å²) in [5.74, 6) is 1.56. The summed E-state index contributed by atoms with van der Waals surface area (Å²) in [4.78, 5) is 13.9. The highest BCUT2D eigenvalue weighted by molar-refractivity contribution is 8.00. The van der Waals surface area contributed by atoms with Gasteiger partial charge in [0.05, 0.1) is 5.75 Å². The molecule has 0 unspecified atom stereocenters. The molecule has 1 aliphatic rings. The van der Waals surface area contributed by atoms with Crippen LogP contribution in [0.4, 0.5) is 0 Å². The first kappa shape index (κ1) is 14.8. The van der Waals surface area contributed by atoms with Crippen LogP contribution < -0.4 is 5.32 Å². The first-order chi connectivity index (χ1) is 8.08. The third-order valence-electron chi connectivity index (χ3n) is 3.14. The fourth-order valence-corrected chi connectivity index (χ4v) is 2.80. The third-order valence-corrected chi connectivity index (χ3v) is 4.24. The quantitative estimate of drug-likeness (QED) is 0.790. The molecule has 3 nitrogen and oxygen atoms in total. The third kappa shape index (κ3) is 6.94. The minimum atomic E-state index is 0.188. The number of likely N-dealkylation sites (tertiary alicyclic amines) is 1. The van der Waals surface area contributed by atoms with Crippen molar-refractivity contribution >= 4 is 17.7 Å². The van der Waals surface area contributed by atoms with Gasteiger partial charge in [-0.25, -0.2) is 0 Å². The maximum atomic E-state index is 11.5. The fraction of sp³-hybridized carbons (Fsp3) is 0.923. The van der Waals surface area contributed by atoms with Crippen LogP contribution in [0.1, 0.15) is 33.1 Å². The molecule has 1 saturated heterocycles. The van der Waals surface area contributed by atoms with E-state index in [4.69, 9.17) is 0 Å². The summed E-state index contributed by atoms with van der Waals surface area (Å²) in [6.45, 7) is 7.51. The highest BCUT2D eigenvalue weighted by Crippen LogP contribution is 2.17. The molecular weight excluding hydrogens is 232 g/mol. The lowest BCUT2D eigenvalue weighted by molar-refractivity contribution is -0.118. The van der Waals surface area contributed by atoms with Crippen molar-refractivity contribution in [3.63, 3.8) is 0 Å². The van der Waals surface area contributed by atoms with Gasteiger partial charge >= 0.3 is 0 Å². The number of piperidine rings is 1. The lowest BCUT2D eigenvalue weighted by Gasteiger charge is -2.29. The lowest BCUT2D eigenvalue weighted by atomic mass is 9.95. The van der Waals surface area contributed by atoms with Crippen molar-refractivity contribution in [1.29, 1.82) is 0 Å². The highest BCUT2D eigenvalue weighted by Gasteiger charge is 2.16. The van der Waals surface area contributed by atoms with Crippen LogP contribution in [0.15, 0.2) is 0 Å². The molecule has 0 spiro atoms. The molecule has 4 heteroatoms. The lowest BCUT2D eigenvalue weighted by Crippen LogP contribution is -2.35. The Hall–Kier alpha value is -0.220. The van der Waals surface area contributed by atoms with E-state index in [9.17, 15) is 4.79 Å². The van der Waals surface area contributed by atoms with E-state index in [1.165, 1.54) is 25.9 Å². The summed E-state index contributed by atoms with van der Waals surface area (Å²) in [5, 5.41) is 3.56. The summed E-state index contributed by atoms with van der Waals surface area (Å²) in [5.41, 5.74) is 0. The number of rotatable bonds is 6. The molecule has 1 amide bonds. The van der Waals surface area contributed by atoms with Crippen LogP contribution in [-0.2, 0) is 4.79 Å². The van der Waals surface area contributed by atoms with Crippen LogP contribution in [-0.4, -0.2) is 48.5 Å². The van der Waals surface area contributed by atoms with Crippen LogP contribution >= 0.6 is 11.8 Å². The molecule has 0 aromatic heterocycles. The minimum absolute atomic E-state index is 0.188. The zero-order valence-corrected chi connectivity index (χ0v) is 12.2. The largest absolute Gasteiger partial charge is 0.355 e. The molecule has 1 aliphatic heterocycles. The maximum Gasteiger partial charge on any atom is 0.230 e. The molecule has 0 aromatic rings. The molecule has 1 rings (SSSR count). The van der Waals surface area contributed by atoms with E-state index in [0.717, 1.165) is 18.9 Å². The molecule has 0 aromatic carbocycles. The molecule has 1 N–H and O–H groups in total. The Morgan fingerprint density at radius 1 is 1.53 bits per heavy atom. The second-order valence-electron chi connectivity index (χ2n) is 5.27. The van der Waals surface area contributed by atoms with E-state index in [1.807, 2.05) is 0 Å². The van der Waals surface area contributed by atoms with E-state index in [-0.39, 0.29) is 5.91 Å². The summed E-state index contributed by atoms with van der Waals surface area (Å²) in [6.07, 6.45) is 3.75. The van der Waals surface area contributed by atoms with Gasteiger partial charge in [-0.1, -0.05) is 13.8 Å². The summed E-state index contributed by atoms with van der Waals surface area (Å²) < 4.78 is 0. The Bertz CT molecular complexity index is 233. The molecule has 0 saturated carbocycles. The molecule has 0 radical (unpaired) electrons. The molecule has 0 bridgehead atoms. The van der Waals surface area contributed by atoms with E-state index in [2.05, 4.69) is 31.1 Å². The van der Waals surface area contributed by atoms with Crippen molar-refractivity contribution < 1.29 is 4.79 Å². The molecule has 100 valence electrons. The van der Waals surface area contributed by atoms with Crippen molar-refractivity contribution in [3.05, 3.63) is 0 Å². The van der Waals surface area contributed by atoms with E-state index in [1.54, 1.807) is 11.8 Å². The summed E-state index contributed by atoms with van der Waals surface area (Å²) in [6, 6.07) is 0. The van der Waals surface area contributed by atoms with E-state index in [0.29, 0.717) is 11.0 Å². The van der Waals surface area contributed by atoms with Gasteiger partial charge in [-0.05, 0) is 44.0 Å². The standard InChI is InChI=1S/C13H26N2OS/c1-11(2)17-10-13(16)14-7-6-12-5-4-8-15(3)9-12/h11-12H,4-10H2,1-3H3,(H,14,16)/t12-/m1/s1. The number of amides is 1. The van der Waals surface area contributed by atoms with Gasteiger partial charge in [-0.3, -0.25) is 4.79 Å². The highest BCUT2D eigenvalue weighted by atomic mass is 32.2. The van der Waals surface area contributed by atoms with Crippen LogP contribution in [0, 0.1) is 5.92 Å². The van der Waals surface area contributed by atoms with E-state index >= 15 is 0 Å². The number of thioether (sulfide) groups is 1. The van der Waals surface area contributed by atoms with Gasteiger partial charge in [-0.2, -0.15) is 0 Å². The second-order valence-corrected chi connectivity index (χ2v) is 6.83. The first-order valence-electron chi connectivity index (χ1n) is 6.64.